The van der Waals surface area contributed by atoms with Gasteiger partial charge in [0.05, 0.1) is 122 Å². The van der Waals surface area contributed by atoms with E-state index in [4.69, 9.17) is 9.47 Å². The minimum atomic E-state index is 0. The summed E-state index contributed by atoms with van der Waals surface area (Å²) in [5.41, 5.74) is 2.42. The van der Waals surface area contributed by atoms with Crippen molar-refractivity contribution in [2.75, 3.05) is 122 Å². The van der Waals surface area contributed by atoms with Crippen LogP contribution in [-0.2, 0) is 0 Å². The third kappa shape index (κ3) is 34.2. The first-order valence-electron chi connectivity index (χ1n) is 24.4. The molecule has 0 spiro atoms. The van der Waals surface area contributed by atoms with Crippen LogP contribution in [-0.4, -0.2) is 140 Å². The molecule has 0 radical (unpaired) electrons. The molecule has 0 aliphatic rings. The summed E-state index contributed by atoms with van der Waals surface area (Å²) in [5, 5.41) is 0. The Morgan fingerprint density at radius 2 is 0.500 bits per heavy atom. The molecule has 0 aromatic heterocycles. The highest BCUT2D eigenvalue weighted by molar-refractivity contribution is 5.64. The van der Waals surface area contributed by atoms with Crippen molar-refractivity contribution < 1.29 is 95.3 Å². The van der Waals surface area contributed by atoms with Crippen LogP contribution >= 0.6 is 0 Å². The van der Waals surface area contributed by atoms with Crippen LogP contribution in [0, 0.1) is 0 Å². The third-order valence-corrected chi connectivity index (χ3v) is 12.7. The number of unbranched alkanes of at least 4 members (excludes halogenated alkanes) is 14. The van der Waals surface area contributed by atoms with Gasteiger partial charge in [-0.25, -0.2) is 0 Å². The van der Waals surface area contributed by atoms with Gasteiger partial charge in [0, 0.05) is 0 Å². The second-order valence-corrected chi connectivity index (χ2v) is 20.6. The van der Waals surface area contributed by atoms with Crippen LogP contribution in [0.1, 0.15) is 142 Å². The molecule has 2 rings (SSSR count). The summed E-state index contributed by atoms with van der Waals surface area (Å²) in [5.74, 6) is 1.92. The van der Waals surface area contributed by atoms with Gasteiger partial charge < -0.3 is 95.3 Å². The van der Waals surface area contributed by atoms with Crippen LogP contribution in [0.4, 0.5) is 0 Å². The maximum Gasteiger partial charge on any atom is 0.119 e. The van der Waals surface area contributed by atoms with Gasteiger partial charge >= 0.3 is 0 Å². The first-order valence-corrected chi connectivity index (χ1v) is 24.4. The summed E-state index contributed by atoms with van der Waals surface area (Å²) in [6.45, 7) is 16.5. The first-order chi connectivity index (χ1) is 27.7. The lowest BCUT2D eigenvalue weighted by atomic mass is 10.1. The molecule has 2 aromatic carbocycles. The Labute approximate surface area is 427 Å². The van der Waals surface area contributed by atoms with Crippen molar-refractivity contribution in [1.82, 2.24) is 0 Å². The van der Waals surface area contributed by atoms with E-state index < -0.39 is 0 Å². The van der Waals surface area contributed by atoms with Crippen molar-refractivity contribution in [2.24, 2.45) is 0 Å². The third-order valence-electron chi connectivity index (χ3n) is 12.7. The molecular formula is C52H98Br4N4O2. The fourth-order valence-electron chi connectivity index (χ4n) is 8.40. The fourth-order valence-corrected chi connectivity index (χ4v) is 8.40. The summed E-state index contributed by atoms with van der Waals surface area (Å²) in [7, 11) is 19.3. The lowest BCUT2D eigenvalue weighted by Crippen LogP contribution is -3.00. The molecular weight excluding hydrogens is 1030 g/mol. The molecule has 0 fully saturated rings. The highest BCUT2D eigenvalue weighted by Crippen LogP contribution is 2.25. The fraction of sp³-hybridized carbons (Fsp3) is 0.769. The van der Waals surface area contributed by atoms with Crippen LogP contribution < -0.4 is 77.4 Å². The Bertz CT molecular complexity index is 1190. The Kier molecular flexibility index (Phi) is 40.3. The number of halogens is 4. The van der Waals surface area contributed by atoms with Gasteiger partial charge in [0.2, 0.25) is 0 Å². The van der Waals surface area contributed by atoms with Crippen molar-refractivity contribution in [2.45, 2.75) is 142 Å². The largest absolute Gasteiger partial charge is 1.00 e. The molecule has 0 heterocycles. The highest BCUT2D eigenvalue weighted by Gasteiger charge is 2.18. The van der Waals surface area contributed by atoms with Crippen LogP contribution in [0.2, 0.25) is 0 Å². The van der Waals surface area contributed by atoms with E-state index in [-0.39, 0.29) is 67.9 Å². The van der Waals surface area contributed by atoms with Gasteiger partial charge in [0.15, 0.2) is 0 Å². The van der Waals surface area contributed by atoms with Crippen LogP contribution in [0.3, 0.4) is 0 Å². The second-order valence-electron chi connectivity index (χ2n) is 20.6. The quantitative estimate of drug-likeness (QED) is 0.0717. The van der Waals surface area contributed by atoms with E-state index in [0.29, 0.717) is 0 Å². The lowest BCUT2D eigenvalue weighted by molar-refractivity contribution is -0.891. The Hall–Kier alpha value is -0.200. The topological polar surface area (TPSA) is 18.5 Å². The van der Waals surface area contributed by atoms with Gasteiger partial charge in [-0.15, -0.1) is 0 Å². The van der Waals surface area contributed by atoms with Gasteiger partial charge in [0.25, 0.3) is 0 Å². The van der Waals surface area contributed by atoms with Crippen molar-refractivity contribution >= 4 is 0 Å². The molecule has 0 N–H and O–H groups in total. The molecule has 0 atom stereocenters. The Balaban J connectivity index is -0.00000870. The molecule has 0 bridgehead atoms. The number of ether oxygens (including phenoxy) is 2. The molecule has 10 heteroatoms. The predicted molar refractivity (Wildman–Crippen MR) is 254 cm³/mol. The van der Waals surface area contributed by atoms with Crippen LogP contribution in [0.25, 0.3) is 11.1 Å². The minimum Gasteiger partial charge on any atom is -1.00 e. The summed E-state index contributed by atoms with van der Waals surface area (Å²) in [6, 6.07) is 17.2. The van der Waals surface area contributed by atoms with Crippen LogP contribution in [0.5, 0.6) is 11.5 Å². The number of hydrogen-bond donors (Lipinski definition) is 0. The Morgan fingerprint density at radius 1 is 0.290 bits per heavy atom. The van der Waals surface area contributed by atoms with Gasteiger partial charge in [-0.3, -0.25) is 0 Å². The molecule has 366 valence electrons. The lowest BCUT2D eigenvalue weighted by Gasteiger charge is -2.31. The number of rotatable bonds is 37. The molecule has 6 nitrogen and oxygen atoms in total. The van der Waals surface area contributed by atoms with E-state index in [9.17, 15) is 0 Å². The second kappa shape index (κ2) is 37.8. The highest BCUT2D eigenvalue weighted by atomic mass is 79.9. The van der Waals surface area contributed by atoms with Crippen LogP contribution in [0.15, 0.2) is 48.5 Å². The summed E-state index contributed by atoms with van der Waals surface area (Å²) in [6.07, 6.45) is 26.5. The van der Waals surface area contributed by atoms with Gasteiger partial charge in [-0.2, -0.15) is 0 Å². The normalized spacial score (nSPS) is 11.8. The zero-order chi connectivity index (χ0) is 42.6. The maximum absolute atomic E-state index is 6.13. The van der Waals surface area contributed by atoms with Crippen molar-refractivity contribution in [3.63, 3.8) is 0 Å². The van der Waals surface area contributed by atoms with Gasteiger partial charge in [-0.05, 0) is 138 Å². The van der Waals surface area contributed by atoms with E-state index in [1.165, 1.54) is 188 Å². The van der Waals surface area contributed by atoms with E-state index >= 15 is 0 Å². The summed E-state index contributed by atoms with van der Waals surface area (Å²) >= 11 is 0. The smallest absolute Gasteiger partial charge is 0.119 e. The average Bonchev–Trinajstić information content (AvgIpc) is 3.18. The predicted octanol–water partition coefficient (Wildman–Crippen LogP) is 0.275. The summed E-state index contributed by atoms with van der Waals surface area (Å²) < 4.78 is 16.9. The molecule has 0 saturated carbocycles. The molecule has 0 aliphatic carbocycles. The van der Waals surface area contributed by atoms with Crippen molar-refractivity contribution in [3.05, 3.63) is 48.5 Å². The van der Waals surface area contributed by atoms with Gasteiger partial charge in [0.1, 0.15) is 11.5 Å². The molecule has 0 amide bonds. The molecule has 62 heavy (non-hydrogen) atoms. The van der Waals surface area contributed by atoms with E-state index in [2.05, 4.69) is 119 Å². The van der Waals surface area contributed by atoms with E-state index in [1.54, 1.807) is 0 Å². The van der Waals surface area contributed by atoms with Crippen molar-refractivity contribution in [1.29, 1.82) is 0 Å². The van der Waals surface area contributed by atoms with E-state index in [0.717, 1.165) is 46.5 Å². The number of benzene rings is 2. The number of nitrogens with zero attached hydrogens (tertiary/aromatic N) is 4. The molecule has 2 aromatic rings. The zero-order valence-corrected chi connectivity index (χ0v) is 48.3. The maximum atomic E-state index is 6.13. The number of hydrogen-bond acceptors (Lipinski definition) is 2. The van der Waals surface area contributed by atoms with E-state index in [1.807, 2.05) is 0 Å². The standard InChI is InChI=1S/C52H98N4O2.4BrH/c1-11-13-15-21-39-53(3,4)41-23-17-19-25-43-55(7,8)45-27-29-47-57-51-35-31-49(32-36-51)50-33-37-52(38-34-50)58-48-30-28-46-56(9,10)44-26-20-18-24-42-54(5,6)40-22-16-14-12-2;;;;/h31-38H,11-30,39-48H2,1-10H3;4*1H/q+4;;;;/p-4. The molecule has 0 saturated heterocycles. The number of quaternary nitrogens is 4. The molecule has 0 aliphatic heterocycles. The van der Waals surface area contributed by atoms with Crippen molar-refractivity contribution in [3.8, 4) is 22.6 Å². The SMILES string of the molecule is CCCCCC[N+](C)(C)CCCCCC[N+](C)(C)CCCCOc1ccc(-c2ccc(OCCCC[N+](C)(C)CCCCCC[N+](C)(C)CCCCCC)cc2)cc1.[Br-].[Br-].[Br-].[Br-]. The van der Waals surface area contributed by atoms with Gasteiger partial charge in [-0.1, -0.05) is 63.8 Å². The monoisotopic (exact) mass is 1130 g/mol. The first kappa shape index (κ1) is 66.1. The average molecular weight is 1130 g/mol. The summed E-state index contributed by atoms with van der Waals surface area (Å²) in [4.78, 5) is 0. The zero-order valence-electron chi connectivity index (χ0n) is 41.9. The minimum absolute atomic E-state index is 0. The Morgan fingerprint density at radius 3 is 0.726 bits per heavy atom. The molecule has 0 unspecified atom stereocenters.